The number of carbonyl (C=O) groups is 1. The van der Waals surface area contributed by atoms with Gasteiger partial charge in [0, 0.05) is 7.05 Å². The van der Waals surface area contributed by atoms with Crippen molar-refractivity contribution in [3.63, 3.8) is 0 Å². The van der Waals surface area contributed by atoms with Gasteiger partial charge in [-0.05, 0) is 20.8 Å². The molecule has 0 aliphatic carbocycles. The number of hydrogen-bond acceptors (Lipinski definition) is 7. The van der Waals surface area contributed by atoms with Crippen LogP contribution in [0.5, 0.6) is 5.88 Å². The predicted molar refractivity (Wildman–Crippen MR) is 74.5 cm³/mol. The summed E-state index contributed by atoms with van der Waals surface area (Å²) >= 11 is 1.23. The predicted octanol–water partition coefficient (Wildman–Crippen LogP) is 1.50. The molecule has 1 N–H and O–H groups in total. The second-order valence-electron chi connectivity index (χ2n) is 4.66. The minimum Gasteiger partial charge on any atom is -0.492 e. The zero-order valence-electron chi connectivity index (χ0n) is 11.7. The molecule has 0 amide bonds. The highest BCUT2D eigenvalue weighted by molar-refractivity contribution is 8.01. The molecule has 7 nitrogen and oxygen atoms in total. The fourth-order valence-corrected chi connectivity index (χ4v) is 2.59. The molecule has 0 fully saturated rings. The van der Waals surface area contributed by atoms with E-state index in [4.69, 9.17) is 4.74 Å². The first kappa shape index (κ1) is 14.6. The quantitative estimate of drug-likeness (QED) is 0.519. The van der Waals surface area contributed by atoms with Crippen molar-refractivity contribution in [3.05, 3.63) is 6.33 Å². The number of fused-ring (bicyclic) bond motifs is 1. The molecular weight excluding hydrogens is 280 g/mol. The zero-order valence-corrected chi connectivity index (χ0v) is 12.6. The molecule has 2 aromatic rings. The topological polar surface area (TPSA) is 90.1 Å². The van der Waals surface area contributed by atoms with Crippen molar-refractivity contribution in [2.75, 3.05) is 6.61 Å². The summed E-state index contributed by atoms with van der Waals surface area (Å²) in [6.45, 7) is 5.60. The van der Waals surface area contributed by atoms with Gasteiger partial charge in [0.05, 0.1) is 6.61 Å². The number of aryl methyl sites for hydroxylation is 1. The Hall–Kier alpha value is -1.83. The molecule has 0 radical (unpaired) electrons. The fourth-order valence-electron chi connectivity index (χ4n) is 1.63. The SMILES string of the molecule is CCOC(=O)C(C)(C)Sc1ncnc2c(O)n(C)nc12. The Labute approximate surface area is 120 Å². The first-order chi connectivity index (χ1) is 9.36. The lowest BCUT2D eigenvalue weighted by atomic mass is 10.2. The highest BCUT2D eigenvalue weighted by Gasteiger charge is 2.32. The molecular formula is C12H16N4O3S. The molecule has 0 saturated heterocycles. The van der Waals surface area contributed by atoms with E-state index in [1.54, 1.807) is 27.8 Å². The van der Waals surface area contributed by atoms with Gasteiger partial charge in [0.2, 0.25) is 5.88 Å². The Kier molecular flexibility index (Phi) is 3.85. The van der Waals surface area contributed by atoms with Crippen LogP contribution in [0.2, 0.25) is 0 Å². The van der Waals surface area contributed by atoms with Crippen LogP contribution in [0, 0.1) is 0 Å². The molecule has 0 bridgehead atoms. The van der Waals surface area contributed by atoms with Gasteiger partial charge in [0.15, 0.2) is 5.52 Å². The van der Waals surface area contributed by atoms with Crippen molar-refractivity contribution < 1.29 is 14.6 Å². The van der Waals surface area contributed by atoms with E-state index >= 15 is 0 Å². The Morgan fingerprint density at radius 2 is 2.15 bits per heavy atom. The molecule has 0 spiro atoms. The number of hydrogen-bond donors (Lipinski definition) is 1. The Balaban J connectivity index is 2.39. The Bertz CT molecular complexity index is 653. The Morgan fingerprint density at radius 3 is 2.80 bits per heavy atom. The van der Waals surface area contributed by atoms with Gasteiger partial charge in [-0.1, -0.05) is 11.8 Å². The molecule has 8 heteroatoms. The average Bonchev–Trinajstić information content (AvgIpc) is 2.67. The van der Waals surface area contributed by atoms with Gasteiger partial charge in [0.1, 0.15) is 21.6 Å². The molecule has 2 heterocycles. The zero-order chi connectivity index (χ0) is 14.9. The summed E-state index contributed by atoms with van der Waals surface area (Å²) in [6, 6.07) is 0. The summed E-state index contributed by atoms with van der Waals surface area (Å²) in [5.41, 5.74) is 0.833. The number of aromatic hydroxyl groups is 1. The highest BCUT2D eigenvalue weighted by atomic mass is 32.2. The van der Waals surface area contributed by atoms with Crippen molar-refractivity contribution in [2.45, 2.75) is 30.5 Å². The van der Waals surface area contributed by atoms with E-state index in [1.807, 2.05) is 0 Å². The van der Waals surface area contributed by atoms with E-state index < -0.39 is 4.75 Å². The average molecular weight is 296 g/mol. The van der Waals surface area contributed by atoms with E-state index in [0.717, 1.165) is 0 Å². The molecule has 0 atom stereocenters. The van der Waals surface area contributed by atoms with Crippen molar-refractivity contribution in [1.29, 1.82) is 0 Å². The van der Waals surface area contributed by atoms with Crippen LogP contribution in [-0.4, -0.2) is 42.2 Å². The van der Waals surface area contributed by atoms with E-state index in [1.165, 1.54) is 22.8 Å². The van der Waals surface area contributed by atoms with Crippen LogP contribution < -0.4 is 0 Å². The molecule has 2 rings (SSSR count). The third-order valence-electron chi connectivity index (χ3n) is 2.68. The molecule has 20 heavy (non-hydrogen) atoms. The van der Waals surface area contributed by atoms with Crippen LogP contribution in [0.4, 0.5) is 0 Å². The molecule has 2 aromatic heterocycles. The van der Waals surface area contributed by atoms with Gasteiger partial charge >= 0.3 is 5.97 Å². The normalized spacial score (nSPS) is 11.8. The molecule has 0 aliphatic heterocycles. The van der Waals surface area contributed by atoms with E-state index in [9.17, 15) is 9.90 Å². The fraction of sp³-hybridized carbons (Fsp3) is 0.500. The first-order valence-electron chi connectivity index (χ1n) is 6.09. The summed E-state index contributed by atoms with van der Waals surface area (Å²) in [5, 5.41) is 14.5. The number of rotatable bonds is 4. The second-order valence-corrected chi connectivity index (χ2v) is 6.27. The maximum absolute atomic E-state index is 11.9. The maximum atomic E-state index is 11.9. The largest absolute Gasteiger partial charge is 0.492 e. The third-order valence-corrected chi connectivity index (χ3v) is 3.84. The van der Waals surface area contributed by atoms with Gasteiger partial charge in [-0.2, -0.15) is 5.10 Å². The van der Waals surface area contributed by atoms with Gasteiger partial charge in [-0.15, -0.1) is 0 Å². The lowest BCUT2D eigenvalue weighted by molar-refractivity contribution is -0.145. The summed E-state index contributed by atoms with van der Waals surface area (Å²) in [4.78, 5) is 20.1. The highest BCUT2D eigenvalue weighted by Crippen LogP contribution is 2.36. The molecule has 108 valence electrons. The van der Waals surface area contributed by atoms with Crippen LogP contribution in [0.3, 0.4) is 0 Å². The second kappa shape index (κ2) is 5.28. The lowest BCUT2D eigenvalue weighted by Crippen LogP contribution is -2.30. The van der Waals surface area contributed by atoms with E-state index in [0.29, 0.717) is 22.7 Å². The Morgan fingerprint density at radius 1 is 1.45 bits per heavy atom. The maximum Gasteiger partial charge on any atom is 0.322 e. The first-order valence-corrected chi connectivity index (χ1v) is 6.91. The van der Waals surface area contributed by atoms with Crippen molar-refractivity contribution in [3.8, 4) is 5.88 Å². The number of ether oxygens (including phenoxy) is 1. The summed E-state index contributed by atoms with van der Waals surface area (Å²) < 4.78 is 5.56. The van der Waals surface area contributed by atoms with Crippen LogP contribution in [0.15, 0.2) is 11.4 Å². The van der Waals surface area contributed by atoms with Crippen molar-refractivity contribution in [2.24, 2.45) is 7.05 Å². The number of aromatic nitrogens is 4. The van der Waals surface area contributed by atoms with Gasteiger partial charge in [0.25, 0.3) is 0 Å². The standard InChI is InChI=1S/C12H16N4O3S/c1-5-19-11(18)12(2,3)20-9-7-8(13-6-14-9)10(17)16(4)15-7/h6,17H,5H2,1-4H3. The third kappa shape index (κ3) is 2.55. The summed E-state index contributed by atoms with van der Waals surface area (Å²) in [6.07, 6.45) is 1.34. The summed E-state index contributed by atoms with van der Waals surface area (Å²) in [5.74, 6) is -0.352. The molecule has 0 unspecified atom stereocenters. The molecule has 0 aliphatic rings. The minimum absolute atomic E-state index is 0.0295. The van der Waals surface area contributed by atoms with Crippen LogP contribution >= 0.6 is 11.8 Å². The van der Waals surface area contributed by atoms with E-state index in [2.05, 4.69) is 15.1 Å². The number of thioether (sulfide) groups is 1. The van der Waals surface area contributed by atoms with Gasteiger partial charge in [-0.25, -0.2) is 14.6 Å². The molecule has 0 aromatic carbocycles. The van der Waals surface area contributed by atoms with Gasteiger partial charge in [-0.3, -0.25) is 4.79 Å². The number of carbonyl (C=O) groups excluding carboxylic acids is 1. The smallest absolute Gasteiger partial charge is 0.322 e. The van der Waals surface area contributed by atoms with Crippen LogP contribution in [0.25, 0.3) is 11.0 Å². The van der Waals surface area contributed by atoms with Crippen LogP contribution in [-0.2, 0) is 16.6 Å². The van der Waals surface area contributed by atoms with E-state index in [-0.39, 0.29) is 11.8 Å². The van der Waals surface area contributed by atoms with Gasteiger partial charge < -0.3 is 9.84 Å². The molecule has 0 saturated carbocycles. The number of esters is 1. The number of nitrogens with zero attached hydrogens (tertiary/aromatic N) is 4. The monoisotopic (exact) mass is 296 g/mol. The van der Waals surface area contributed by atoms with Crippen LogP contribution in [0.1, 0.15) is 20.8 Å². The van der Waals surface area contributed by atoms with Crippen molar-refractivity contribution in [1.82, 2.24) is 19.7 Å². The minimum atomic E-state index is -0.801. The van der Waals surface area contributed by atoms with Crippen molar-refractivity contribution >= 4 is 28.8 Å². The summed E-state index contributed by atoms with van der Waals surface area (Å²) in [7, 11) is 1.61. The lowest BCUT2D eigenvalue weighted by Gasteiger charge is -2.20.